The molecule has 5 amide bonds. The number of aliphatic hydroxyl groups excluding tert-OH is 1. The van der Waals surface area contributed by atoms with Crippen LogP contribution in [0.3, 0.4) is 0 Å². The predicted molar refractivity (Wildman–Crippen MR) is 210 cm³/mol. The molecule has 0 aliphatic carbocycles. The molecule has 1 aliphatic rings. The summed E-state index contributed by atoms with van der Waals surface area (Å²) >= 11 is 0. The Balaban J connectivity index is 1.47. The van der Waals surface area contributed by atoms with Crippen LogP contribution in [0.15, 0.2) is 66.9 Å². The summed E-state index contributed by atoms with van der Waals surface area (Å²) in [6, 6.07) is 12.7. The normalized spacial score (nSPS) is 18.1. The lowest BCUT2D eigenvalue weighted by atomic mass is 10.0. The van der Waals surface area contributed by atoms with Crippen LogP contribution in [0.5, 0.6) is 23.0 Å². The van der Waals surface area contributed by atoms with Crippen LogP contribution in [0.2, 0.25) is 0 Å². The van der Waals surface area contributed by atoms with Gasteiger partial charge in [-0.1, -0.05) is 32.0 Å². The number of benzene rings is 3. The van der Waals surface area contributed by atoms with Gasteiger partial charge in [0.1, 0.15) is 29.4 Å². The van der Waals surface area contributed by atoms with Crippen molar-refractivity contribution >= 4 is 29.5 Å². The number of aromatic amines is 1. The molecule has 4 aromatic rings. The Labute approximate surface area is 334 Å². The maximum Gasteiger partial charge on any atom is 0.258 e. The number of ether oxygens (including phenoxy) is 3. The van der Waals surface area contributed by atoms with Gasteiger partial charge in [-0.3, -0.25) is 29.1 Å². The van der Waals surface area contributed by atoms with Crippen molar-refractivity contribution in [2.75, 3.05) is 33.9 Å². The number of aromatic nitrogens is 2. The van der Waals surface area contributed by atoms with Crippen LogP contribution in [0.25, 0.3) is 11.3 Å². The maximum absolute atomic E-state index is 14.1. The SMILES string of the molecule is COc1ccc2cc1Oc1cccc(OC)c1CNC(=O)[C@@H](C(C)C)NC(=O)[C@H]([C@@H](C)O)NC(=O)CN(C(=O)c1cn[nH]c1-c1cccc(F)c1)CCCCNC2=O. The van der Waals surface area contributed by atoms with Crippen molar-refractivity contribution < 1.29 is 47.7 Å². The summed E-state index contributed by atoms with van der Waals surface area (Å²) in [6.45, 7) is 4.34. The minimum Gasteiger partial charge on any atom is -0.496 e. The highest BCUT2D eigenvalue weighted by Gasteiger charge is 2.33. The zero-order chi connectivity index (χ0) is 41.9. The number of carbonyl (C=O) groups excluding carboxylic acids is 5. The Kier molecular flexibility index (Phi) is 14.4. The lowest BCUT2D eigenvalue weighted by Crippen LogP contribution is -2.59. The van der Waals surface area contributed by atoms with E-state index in [1.807, 2.05) is 0 Å². The predicted octanol–water partition coefficient (Wildman–Crippen LogP) is 3.31. The summed E-state index contributed by atoms with van der Waals surface area (Å²) in [6.07, 6.45) is 0.587. The molecule has 5 rings (SSSR count). The van der Waals surface area contributed by atoms with E-state index in [4.69, 9.17) is 14.2 Å². The standard InChI is InChI=1S/C41H48FN7O9/c1-23(2)35-39(53)44-20-28-30(56-4)12-9-13-31(28)58-33-19-26(14-15-32(33)57-5)38(52)43-16-6-7-17-49(22-34(51)46-36(24(3)50)40(54)47-35)41(55)29-21-45-48-37(29)25-10-8-11-27(42)18-25/h8-15,18-19,21,23-24,35-36,50H,6-7,16-17,20,22H2,1-5H3,(H,43,52)(H,44,53)(H,45,48)(H,46,51)(H,47,54)/t24-,35-,36+/m1/s1. The van der Waals surface area contributed by atoms with Crippen molar-refractivity contribution in [3.8, 4) is 34.3 Å². The second-order valence-electron chi connectivity index (χ2n) is 14.0. The van der Waals surface area contributed by atoms with Gasteiger partial charge in [-0.2, -0.15) is 5.10 Å². The molecular weight excluding hydrogens is 753 g/mol. The molecule has 16 nitrogen and oxygen atoms in total. The van der Waals surface area contributed by atoms with E-state index < -0.39 is 66.0 Å². The third kappa shape index (κ3) is 10.5. The Morgan fingerprint density at radius 3 is 2.34 bits per heavy atom. The lowest BCUT2D eigenvalue weighted by Gasteiger charge is -2.28. The lowest BCUT2D eigenvalue weighted by molar-refractivity contribution is -0.135. The van der Waals surface area contributed by atoms with Gasteiger partial charge in [-0.25, -0.2) is 4.39 Å². The molecule has 2 bridgehead atoms. The summed E-state index contributed by atoms with van der Waals surface area (Å²) in [5, 5.41) is 28.2. The van der Waals surface area contributed by atoms with Crippen LogP contribution in [-0.4, -0.2) is 102 Å². The first kappa shape index (κ1) is 42.6. The quantitative estimate of drug-likeness (QED) is 0.167. The molecule has 0 saturated carbocycles. The number of aliphatic hydroxyl groups is 1. The Morgan fingerprint density at radius 2 is 1.64 bits per heavy atom. The molecule has 0 spiro atoms. The third-order valence-electron chi connectivity index (χ3n) is 9.47. The van der Waals surface area contributed by atoms with Crippen molar-refractivity contribution in [2.24, 2.45) is 5.92 Å². The second-order valence-corrected chi connectivity index (χ2v) is 14.0. The van der Waals surface area contributed by atoms with Gasteiger partial charge in [0.15, 0.2) is 11.5 Å². The molecule has 3 atom stereocenters. The second kappa shape index (κ2) is 19.6. The molecule has 1 aromatic heterocycles. The van der Waals surface area contributed by atoms with E-state index in [9.17, 15) is 33.5 Å². The number of methoxy groups -OCH3 is 2. The zero-order valence-corrected chi connectivity index (χ0v) is 32.9. The minimum absolute atomic E-state index is 0.0282. The maximum atomic E-state index is 14.1. The molecule has 2 heterocycles. The van der Waals surface area contributed by atoms with Crippen LogP contribution in [0, 0.1) is 11.7 Å². The van der Waals surface area contributed by atoms with Gasteiger partial charge in [-0.15, -0.1) is 0 Å². The highest BCUT2D eigenvalue weighted by Crippen LogP contribution is 2.37. The number of nitrogens with zero attached hydrogens (tertiary/aromatic N) is 2. The van der Waals surface area contributed by atoms with Crippen LogP contribution in [0.1, 0.15) is 59.9 Å². The number of amides is 5. The molecular formula is C41H48FN7O9. The molecule has 1 aliphatic heterocycles. The number of halogens is 1. The first-order valence-electron chi connectivity index (χ1n) is 18.7. The van der Waals surface area contributed by atoms with E-state index in [0.29, 0.717) is 41.2 Å². The number of fused-ring (bicyclic) bond motifs is 3. The van der Waals surface area contributed by atoms with Crippen molar-refractivity contribution in [3.63, 3.8) is 0 Å². The number of carbonyl (C=O) groups is 5. The fourth-order valence-electron chi connectivity index (χ4n) is 6.35. The Hall–Kier alpha value is -6.49. The Morgan fingerprint density at radius 1 is 0.879 bits per heavy atom. The van der Waals surface area contributed by atoms with Gasteiger partial charge in [-0.05, 0) is 68.1 Å². The van der Waals surface area contributed by atoms with E-state index in [0.717, 1.165) is 0 Å². The molecule has 0 fully saturated rings. The van der Waals surface area contributed by atoms with Gasteiger partial charge in [0.2, 0.25) is 17.7 Å². The highest BCUT2D eigenvalue weighted by molar-refractivity contribution is 6.01. The monoisotopic (exact) mass is 801 g/mol. The summed E-state index contributed by atoms with van der Waals surface area (Å²) in [4.78, 5) is 69.6. The smallest absolute Gasteiger partial charge is 0.258 e. The topological polar surface area (TPSA) is 213 Å². The summed E-state index contributed by atoms with van der Waals surface area (Å²) in [5.74, 6) is -2.93. The summed E-state index contributed by atoms with van der Waals surface area (Å²) in [7, 11) is 2.92. The minimum atomic E-state index is -1.51. The summed E-state index contributed by atoms with van der Waals surface area (Å²) in [5.41, 5.74) is 1.38. The van der Waals surface area contributed by atoms with Crippen molar-refractivity contribution in [3.05, 3.63) is 89.4 Å². The molecule has 6 N–H and O–H groups in total. The van der Waals surface area contributed by atoms with E-state index in [2.05, 4.69) is 31.5 Å². The van der Waals surface area contributed by atoms with Crippen LogP contribution < -0.4 is 35.5 Å². The van der Waals surface area contributed by atoms with Crippen LogP contribution >= 0.6 is 0 Å². The fourth-order valence-corrected chi connectivity index (χ4v) is 6.35. The Bertz CT molecular complexity index is 2120. The van der Waals surface area contributed by atoms with E-state index in [-0.39, 0.29) is 42.2 Å². The molecule has 308 valence electrons. The summed E-state index contributed by atoms with van der Waals surface area (Å²) < 4.78 is 31.5. The van der Waals surface area contributed by atoms with Gasteiger partial charge < -0.3 is 45.5 Å². The van der Waals surface area contributed by atoms with Crippen molar-refractivity contribution in [1.29, 1.82) is 0 Å². The molecule has 0 unspecified atom stereocenters. The van der Waals surface area contributed by atoms with Crippen LogP contribution in [0.4, 0.5) is 4.39 Å². The van der Waals surface area contributed by atoms with Gasteiger partial charge in [0.25, 0.3) is 11.8 Å². The molecule has 58 heavy (non-hydrogen) atoms. The van der Waals surface area contributed by atoms with E-state index >= 15 is 0 Å². The molecule has 17 heteroatoms. The average molecular weight is 802 g/mol. The van der Waals surface area contributed by atoms with Gasteiger partial charge in [0, 0.05) is 24.2 Å². The van der Waals surface area contributed by atoms with Crippen molar-refractivity contribution in [1.82, 2.24) is 36.4 Å². The average Bonchev–Trinajstić information content (AvgIpc) is 3.70. The molecule has 0 saturated heterocycles. The van der Waals surface area contributed by atoms with Crippen molar-refractivity contribution in [2.45, 2.75) is 58.3 Å². The van der Waals surface area contributed by atoms with E-state index in [1.54, 1.807) is 50.2 Å². The zero-order valence-electron chi connectivity index (χ0n) is 32.9. The number of hydrogen-bond donors (Lipinski definition) is 6. The largest absolute Gasteiger partial charge is 0.496 e. The first-order valence-corrected chi connectivity index (χ1v) is 18.7. The fraction of sp³-hybridized carbons (Fsp3) is 0.366. The molecule has 3 aromatic carbocycles. The van der Waals surface area contributed by atoms with Gasteiger partial charge in [0.05, 0.1) is 56.4 Å². The number of rotatable bonds is 6. The van der Waals surface area contributed by atoms with Gasteiger partial charge >= 0.3 is 0 Å². The molecule has 0 radical (unpaired) electrons. The third-order valence-corrected chi connectivity index (χ3v) is 9.47. The number of hydrogen-bond acceptors (Lipinski definition) is 10. The number of nitrogens with one attached hydrogen (secondary N) is 5. The van der Waals surface area contributed by atoms with E-state index in [1.165, 1.54) is 56.5 Å². The highest BCUT2D eigenvalue weighted by atomic mass is 19.1. The number of H-pyrrole nitrogens is 1. The first-order chi connectivity index (χ1) is 27.8. The van der Waals surface area contributed by atoms with Crippen LogP contribution in [-0.2, 0) is 20.9 Å².